The first kappa shape index (κ1) is 20.1. The average Bonchev–Trinajstić information content (AvgIpc) is 3.26. The van der Waals surface area contributed by atoms with Gasteiger partial charge in [0.15, 0.2) is 5.78 Å². The molecule has 6 heteroatoms. The zero-order valence-corrected chi connectivity index (χ0v) is 18.1. The van der Waals surface area contributed by atoms with Crippen LogP contribution in [0.15, 0.2) is 76.5 Å². The smallest absolute Gasteiger partial charge is 0.327 e. The average molecular weight is 428 g/mol. The van der Waals surface area contributed by atoms with E-state index in [1.807, 2.05) is 62.4 Å². The molecule has 162 valence electrons. The van der Waals surface area contributed by atoms with Crippen molar-refractivity contribution in [3.8, 4) is 0 Å². The molecular weight excluding hydrogens is 402 g/mol. The van der Waals surface area contributed by atoms with E-state index in [-0.39, 0.29) is 11.8 Å². The Labute approximate surface area is 186 Å². The number of nitrogens with one attached hydrogen (secondary N) is 2. The lowest BCUT2D eigenvalue weighted by Gasteiger charge is -2.32. The van der Waals surface area contributed by atoms with Crippen LogP contribution in [-0.2, 0) is 4.79 Å². The highest BCUT2D eigenvalue weighted by Crippen LogP contribution is 2.45. The molecule has 5 rings (SSSR count). The largest absolute Gasteiger partial charge is 0.467 e. The van der Waals surface area contributed by atoms with E-state index in [0.29, 0.717) is 23.4 Å². The monoisotopic (exact) mass is 427 g/mol. The van der Waals surface area contributed by atoms with Crippen LogP contribution in [0.4, 0.5) is 21.9 Å². The predicted octanol–water partition coefficient (Wildman–Crippen LogP) is 6.11. The third-order valence-electron chi connectivity index (χ3n) is 6.31. The lowest BCUT2D eigenvalue weighted by Crippen LogP contribution is -2.40. The van der Waals surface area contributed by atoms with Crippen molar-refractivity contribution in [1.29, 1.82) is 0 Å². The van der Waals surface area contributed by atoms with Crippen LogP contribution in [-0.4, -0.2) is 11.8 Å². The summed E-state index contributed by atoms with van der Waals surface area (Å²) in [6, 6.07) is 16.1. The third-order valence-corrected chi connectivity index (χ3v) is 6.31. The van der Waals surface area contributed by atoms with E-state index >= 15 is 0 Å². The highest BCUT2D eigenvalue weighted by atomic mass is 16.3. The van der Waals surface area contributed by atoms with Gasteiger partial charge in [0.25, 0.3) is 0 Å². The summed E-state index contributed by atoms with van der Waals surface area (Å²) < 4.78 is 5.78. The van der Waals surface area contributed by atoms with Crippen LogP contribution in [0.2, 0.25) is 0 Å². The molecule has 0 radical (unpaired) electrons. The Hall–Kier alpha value is -3.80. The molecule has 1 aliphatic carbocycles. The minimum absolute atomic E-state index is 0.0393. The van der Waals surface area contributed by atoms with E-state index in [1.165, 1.54) is 0 Å². The van der Waals surface area contributed by atoms with Crippen molar-refractivity contribution < 1.29 is 14.0 Å². The van der Waals surface area contributed by atoms with Crippen LogP contribution in [0.25, 0.3) is 0 Å². The summed E-state index contributed by atoms with van der Waals surface area (Å²) in [7, 11) is 0. The number of ketones is 1. The molecule has 2 heterocycles. The summed E-state index contributed by atoms with van der Waals surface area (Å²) >= 11 is 0. The number of allylic oxidation sites excluding steroid dienone is 1. The third kappa shape index (κ3) is 3.38. The number of rotatable bonds is 2. The molecule has 0 fully saturated rings. The SMILES string of the molecule is Cc1cccc(NC(=O)N2c3ccccc3NC3=C(C(=O)CCC3)[C@H]2c2ccco2)c1C. The second kappa shape index (κ2) is 8.04. The molecule has 32 heavy (non-hydrogen) atoms. The number of benzene rings is 2. The van der Waals surface area contributed by atoms with E-state index in [4.69, 9.17) is 4.42 Å². The van der Waals surface area contributed by atoms with Crippen molar-refractivity contribution in [2.75, 3.05) is 15.5 Å². The number of hydrogen-bond donors (Lipinski definition) is 2. The molecule has 2 aliphatic rings. The van der Waals surface area contributed by atoms with Gasteiger partial charge in [0.1, 0.15) is 11.8 Å². The van der Waals surface area contributed by atoms with E-state index in [2.05, 4.69) is 10.6 Å². The summed E-state index contributed by atoms with van der Waals surface area (Å²) in [5.41, 5.74) is 5.78. The zero-order chi connectivity index (χ0) is 22.2. The number of amides is 2. The van der Waals surface area contributed by atoms with Crippen LogP contribution in [0, 0.1) is 13.8 Å². The first-order chi connectivity index (χ1) is 15.5. The van der Waals surface area contributed by atoms with E-state index in [0.717, 1.165) is 41.0 Å². The molecule has 1 aliphatic heterocycles. The van der Waals surface area contributed by atoms with Crippen LogP contribution in [0.1, 0.15) is 42.2 Å². The summed E-state index contributed by atoms with van der Waals surface area (Å²) in [6.45, 7) is 4.00. The van der Waals surface area contributed by atoms with Crippen molar-refractivity contribution in [1.82, 2.24) is 0 Å². The molecular formula is C26H25N3O3. The molecule has 0 unspecified atom stereocenters. The Balaban J connectivity index is 1.68. The molecule has 0 saturated carbocycles. The lowest BCUT2D eigenvalue weighted by atomic mass is 9.88. The maximum absolute atomic E-state index is 13.8. The fraction of sp³-hybridized carbons (Fsp3) is 0.231. The van der Waals surface area contributed by atoms with E-state index in [9.17, 15) is 9.59 Å². The van der Waals surface area contributed by atoms with Gasteiger partial charge in [-0.1, -0.05) is 24.3 Å². The first-order valence-corrected chi connectivity index (χ1v) is 10.9. The number of urea groups is 1. The number of furan rings is 1. The second-order valence-corrected chi connectivity index (χ2v) is 8.28. The van der Waals surface area contributed by atoms with Gasteiger partial charge in [-0.2, -0.15) is 0 Å². The Morgan fingerprint density at radius 3 is 2.72 bits per heavy atom. The van der Waals surface area contributed by atoms with Gasteiger partial charge in [-0.25, -0.2) is 4.79 Å². The number of hydrogen-bond acceptors (Lipinski definition) is 4. The minimum atomic E-state index is -0.658. The highest BCUT2D eigenvalue weighted by Gasteiger charge is 2.41. The Bertz CT molecular complexity index is 1230. The van der Waals surface area contributed by atoms with Gasteiger partial charge in [0.05, 0.1) is 17.6 Å². The van der Waals surface area contributed by atoms with Gasteiger partial charge in [-0.3, -0.25) is 9.69 Å². The topological polar surface area (TPSA) is 74.6 Å². The number of carbonyl (C=O) groups is 2. The molecule has 3 aromatic rings. The highest BCUT2D eigenvalue weighted by molar-refractivity contribution is 6.09. The molecule has 1 atom stereocenters. The lowest BCUT2D eigenvalue weighted by molar-refractivity contribution is -0.116. The second-order valence-electron chi connectivity index (χ2n) is 8.28. The number of aryl methyl sites for hydroxylation is 1. The van der Waals surface area contributed by atoms with Crippen molar-refractivity contribution in [3.05, 3.63) is 89.0 Å². The number of para-hydroxylation sites is 2. The number of fused-ring (bicyclic) bond motifs is 1. The molecule has 6 nitrogen and oxygen atoms in total. The van der Waals surface area contributed by atoms with Crippen LogP contribution in [0.3, 0.4) is 0 Å². The van der Waals surface area contributed by atoms with Crippen molar-refractivity contribution in [2.45, 2.75) is 39.2 Å². The van der Waals surface area contributed by atoms with Crippen molar-refractivity contribution in [3.63, 3.8) is 0 Å². The number of carbonyl (C=O) groups excluding carboxylic acids is 2. The normalized spacial score (nSPS) is 17.9. The summed E-state index contributed by atoms with van der Waals surface area (Å²) in [4.78, 5) is 28.7. The standard InChI is InChI=1S/C26H25N3O3/c1-16-8-5-10-18(17(16)2)28-26(31)29-21-12-4-3-9-19(21)27-20-11-6-13-22(30)24(20)25(29)23-14-7-15-32-23/h3-5,7-10,12,14-15,25,27H,6,11,13H2,1-2H3,(H,28,31)/t25-/m1/s1. The van der Waals surface area contributed by atoms with Crippen LogP contribution >= 0.6 is 0 Å². The van der Waals surface area contributed by atoms with E-state index in [1.54, 1.807) is 17.2 Å². The molecule has 1 aromatic heterocycles. The van der Waals surface area contributed by atoms with Crippen LogP contribution in [0.5, 0.6) is 0 Å². The van der Waals surface area contributed by atoms with Gasteiger partial charge in [0.2, 0.25) is 0 Å². The number of nitrogens with zero attached hydrogens (tertiary/aromatic N) is 1. The Morgan fingerprint density at radius 1 is 1.06 bits per heavy atom. The molecule has 2 amide bonds. The summed E-state index contributed by atoms with van der Waals surface area (Å²) in [5.74, 6) is 0.597. The fourth-order valence-corrected chi connectivity index (χ4v) is 4.54. The van der Waals surface area contributed by atoms with Crippen LogP contribution < -0.4 is 15.5 Å². The fourth-order valence-electron chi connectivity index (χ4n) is 4.54. The van der Waals surface area contributed by atoms with Gasteiger partial charge < -0.3 is 15.1 Å². The minimum Gasteiger partial charge on any atom is -0.467 e. The Morgan fingerprint density at radius 2 is 1.91 bits per heavy atom. The molecule has 0 saturated heterocycles. The van der Waals surface area contributed by atoms with Gasteiger partial charge in [-0.05, 0) is 68.1 Å². The molecule has 2 aromatic carbocycles. The van der Waals surface area contributed by atoms with Crippen molar-refractivity contribution >= 4 is 28.9 Å². The summed E-state index contributed by atoms with van der Waals surface area (Å²) in [5, 5.41) is 6.52. The van der Waals surface area contributed by atoms with Crippen molar-refractivity contribution in [2.24, 2.45) is 0 Å². The maximum Gasteiger partial charge on any atom is 0.327 e. The quantitative estimate of drug-likeness (QED) is 0.517. The van der Waals surface area contributed by atoms with Gasteiger partial charge in [0, 0.05) is 23.4 Å². The van der Waals surface area contributed by atoms with E-state index < -0.39 is 6.04 Å². The Kier molecular flexibility index (Phi) is 5.05. The predicted molar refractivity (Wildman–Crippen MR) is 125 cm³/mol. The zero-order valence-electron chi connectivity index (χ0n) is 18.1. The van der Waals surface area contributed by atoms with Gasteiger partial charge >= 0.3 is 6.03 Å². The number of anilines is 3. The molecule has 0 spiro atoms. The number of Topliss-reactive ketones (excluding diaryl/α,β-unsaturated/α-hetero) is 1. The van der Waals surface area contributed by atoms with Gasteiger partial charge in [-0.15, -0.1) is 0 Å². The molecule has 0 bridgehead atoms. The maximum atomic E-state index is 13.8. The summed E-state index contributed by atoms with van der Waals surface area (Å²) in [6.07, 6.45) is 3.57. The first-order valence-electron chi connectivity index (χ1n) is 10.9. The molecule has 2 N–H and O–H groups in total.